The summed E-state index contributed by atoms with van der Waals surface area (Å²) in [6, 6.07) is 5.36. The lowest BCUT2D eigenvalue weighted by Gasteiger charge is -2.01. The normalized spacial score (nSPS) is 10.4. The van der Waals surface area contributed by atoms with E-state index in [-0.39, 0.29) is 12.0 Å². The second-order valence-electron chi connectivity index (χ2n) is 4.39. The lowest BCUT2D eigenvalue weighted by molar-refractivity contribution is -0.136. The fourth-order valence-electron chi connectivity index (χ4n) is 1.73. The molecule has 0 unspecified atom stereocenters. The number of nitrogens with zero attached hydrogens (tertiary/aromatic N) is 1. The van der Waals surface area contributed by atoms with Crippen molar-refractivity contribution in [2.45, 2.75) is 19.8 Å². The van der Waals surface area contributed by atoms with Crippen molar-refractivity contribution in [2.24, 2.45) is 0 Å². The van der Waals surface area contributed by atoms with Crippen molar-refractivity contribution >= 4 is 28.3 Å². The molecule has 0 fully saturated rings. The van der Waals surface area contributed by atoms with Crippen LogP contribution in [0.1, 0.15) is 27.3 Å². The number of aryl methyl sites for hydroxylation is 2. The summed E-state index contributed by atoms with van der Waals surface area (Å²) < 4.78 is 13.1. The Balaban J connectivity index is 2.08. The molecule has 5 nitrogen and oxygen atoms in total. The van der Waals surface area contributed by atoms with Gasteiger partial charge in [-0.3, -0.25) is 14.9 Å². The average molecular weight is 308 g/mol. The summed E-state index contributed by atoms with van der Waals surface area (Å²) >= 11 is 1.23. The molecule has 1 amide bonds. The molecule has 0 radical (unpaired) electrons. The molecule has 2 rings (SSSR count). The number of benzene rings is 1. The maximum absolute atomic E-state index is 13.1. The monoisotopic (exact) mass is 308 g/mol. The Labute approximate surface area is 124 Å². The van der Waals surface area contributed by atoms with Crippen molar-refractivity contribution in [1.82, 2.24) is 4.98 Å². The molecule has 0 saturated heterocycles. The van der Waals surface area contributed by atoms with Crippen LogP contribution in [-0.2, 0) is 11.2 Å². The third kappa shape index (κ3) is 4.09. The van der Waals surface area contributed by atoms with Crippen LogP contribution in [0.5, 0.6) is 0 Å². The third-order valence-electron chi connectivity index (χ3n) is 2.77. The number of thiazole rings is 1. The first-order valence-corrected chi connectivity index (χ1v) is 7.02. The predicted molar refractivity (Wildman–Crippen MR) is 77.2 cm³/mol. The number of carbonyl (C=O) groups excluding carboxylic acids is 1. The van der Waals surface area contributed by atoms with E-state index >= 15 is 0 Å². The van der Waals surface area contributed by atoms with Crippen LogP contribution in [0, 0.1) is 12.7 Å². The Morgan fingerprint density at radius 1 is 1.43 bits per heavy atom. The van der Waals surface area contributed by atoms with Crippen molar-refractivity contribution in [1.29, 1.82) is 0 Å². The van der Waals surface area contributed by atoms with Gasteiger partial charge in [-0.05, 0) is 31.5 Å². The highest BCUT2D eigenvalue weighted by Crippen LogP contribution is 2.24. The lowest BCUT2D eigenvalue weighted by Crippen LogP contribution is -2.11. The molecule has 0 aliphatic rings. The van der Waals surface area contributed by atoms with Gasteiger partial charge in [0, 0.05) is 10.4 Å². The Morgan fingerprint density at radius 3 is 2.86 bits per heavy atom. The quantitative estimate of drug-likeness (QED) is 0.890. The van der Waals surface area contributed by atoms with Gasteiger partial charge in [0.2, 0.25) is 0 Å². The number of rotatable bonds is 5. The number of hydrogen-bond acceptors (Lipinski definition) is 4. The van der Waals surface area contributed by atoms with Gasteiger partial charge in [-0.15, -0.1) is 11.3 Å². The van der Waals surface area contributed by atoms with E-state index in [1.54, 1.807) is 6.92 Å². The molecular weight excluding hydrogens is 295 g/mol. The molecule has 0 saturated carbocycles. The van der Waals surface area contributed by atoms with Crippen molar-refractivity contribution in [2.75, 3.05) is 5.32 Å². The molecule has 1 heterocycles. The number of anilines is 1. The number of amides is 1. The zero-order chi connectivity index (χ0) is 15.4. The van der Waals surface area contributed by atoms with Crippen LogP contribution in [-0.4, -0.2) is 22.0 Å². The minimum absolute atomic E-state index is 0.0142. The standard InChI is InChI=1S/C14H13FN2O3S/c1-8-11(5-6-12(18)19)21-14(16-8)17-13(20)9-3-2-4-10(15)7-9/h2-4,7H,5-6H2,1H3,(H,18,19)(H,16,17,20). The van der Waals surface area contributed by atoms with Crippen LogP contribution in [0.3, 0.4) is 0 Å². The number of carboxylic acid groups (broad SMARTS) is 1. The highest BCUT2D eigenvalue weighted by atomic mass is 32.1. The van der Waals surface area contributed by atoms with Gasteiger partial charge in [-0.2, -0.15) is 0 Å². The number of nitrogens with one attached hydrogen (secondary N) is 1. The number of aromatic nitrogens is 1. The van der Waals surface area contributed by atoms with Crippen LogP contribution in [0.2, 0.25) is 0 Å². The molecule has 0 aliphatic heterocycles. The van der Waals surface area contributed by atoms with E-state index in [9.17, 15) is 14.0 Å². The lowest BCUT2D eigenvalue weighted by atomic mass is 10.2. The Hall–Kier alpha value is -2.28. The van der Waals surface area contributed by atoms with Gasteiger partial charge in [0.05, 0.1) is 12.1 Å². The van der Waals surface area contributed by atoms with Crippen LogP contribution >= 0.6 is 11.3 Å². The first kappa shape index (κ1) is 15.1. The maximum atomic E-state index is 13.1. The molecule has 0 spiro atoms. The molecule has 0 bridgehead atoms. The van der Waals surface area contributed by atoms with Crippen LogP contribution in [0.15, 0.2) is 24.3 Å². The van der Waals surface area contributed by atoms with Crippen molar-refractivity contribution in [3.63, 3.8) is 0 Å². The Bertz CT molecular complexity index is 685. The predicted octanol–water partition coefficient (Wildman–Crippen LogP) is 2.86. The minimum Gasteiger partial charge on any atom is -0.481 e. The summed E-state index contributed by atoms with van der Waals surface area (Å²) in [6.07, 6.45) is 0.384. The molecule has 1 aromatic heterocycles. The highest BCUT2D eigenvalue weighted by Gasteiger charge is 2.13. The van der Waals surface area contributed by atoms with Gasteiger partial charge in [0.1, 0.15) is 5.82 Å². The zero-order valence-corrected chi connectivity index (χ0v) is 12.0. The topological polar surface area (TPSA) is 79.3 Å². The highest BCUT2D eigenvalue weighted by molar-refractivity contribution is 7.15. The van der Waals surface area contributed by atoms with Crippen LogP contribution < -0.4 is 5.32 Å². The molecule has 2 N–H and O–H groups in total. The SMILES string of the molecule is Cc1nc(NC(=O)c2cccc(F)c2)sc1CCC(=O)O. The number of halogens is 1. The second kappa shape index (κ2) is 6.45. The summed E-state index contributed by atoms with van der Waals surface area (Å²) in [4.78, 5) is 27.5. The van der Waals surface area contributed by atoms with E-state index in [0.29, 0.717) is 17.2 Å². The Kier molecular flexibility index (Phi) is 4.64. The average Bonchev–Trinajstić information content (AvgIpc) is 2.76. The molecule has 1 aromatic carbocycles. The maximum Gasteiger partial charge on any atom is 0.303 e. The molecule has 0 aliphatic carbocycles. The minimum atomic E-state index is -0.881. The first-order chi connectivity index (χ1) is 9.95. The largest absolute Gasteiger partial charge is 0.481 e. The molecule has 110 valence electrons. The van der Waals surface area contributed by atoms with Gasteiger partial charge >= 0.3 is 5.97 Å². The number of carboxylic acids is 1. The summed E-state index contributed by atoms with van der Waals surface area (Å²) in [6.45, 7) is 1.76. The first-order valence-electron chi connectivity index (χ1n) is 6.20. The summed E-state index contributed by atoms with van der Waals surface area (Å²) in [5.41, 5.74) is 0.894. The smallest absolute Gasteiger partial charge is 0.303 e. The molecule has 0 atom stereocenters. The third-order valence-corrected chi connectivity index (χ3v) is 3.90. The molecule has 21 heavy (non-hydrogen) atoms. The number of carbonyl (C=O) groups is 2. The zero-order valence-electron chi connectivity index (χ0n) is 11.2. The van der Waals surface area contributed by atoms with Gasteiger partial charge in [0.15, 0.2) is 5.13 Å². The van der Waals surface area contributed by atoms with E-state index < -0.39 is 17.7 Å². The fourth-order valence-corrected chi connectivity index (χ4v) is 2.69. The van der Waals surface area contributed by atoms with E-state index in [0.717, 1.165) is 10.9 Å². The summed E-state index contributed by atoms with van der Waals surface area (Å²) in [7, 11) is 0. The van der Waals surface area contributed by atoms with Crippen LogP contribution in [0.25, 0.3) is 0 Å². The summed E-state index contributed by atoms with van der Waals surface area (Å²) in [5, 5.41) is 11.6. The van der Waals surface area contributed by atoms with Gasteiger partial charge in [-0.25, -0.2) is 9.37 Å². The molecule has 2 aromatic rings. The fraction of sp³-hybridized carbons (Fsp3) is 0.214. The Morgan fingerprint density at radius 2 is 2.19 bits per heavy atom. The van der Waals surface area contributed by atoms with Gasteiger partial charge < -0.3 is 5.11 Å². The van der Waals surface area contributed by atoms with Gasteiger partial charge in [-0.1, -0.05) is 6.07 Å². The van der Waals surface area contributed by atoms with E-state index in [1.165, 1.54) is 29.5 Å². The molecular formula is C14H13FN2O3S. The van der Waals surface area contributed by atoms with E-state index in [1.807, 2.05) is 0 Å². The molecule has 7 heteroatoms. The van der Waals surface area contributed by atoms with E-state index in [4.69, 9.17) is 5.11 Å². The van der Waals surface area contributed by atoms with Gasteiger partial charge in [0.25, 0.3) is 5.91 Å². The van der Waals surface area contributed by atoms with E-state index in [2.05, 4.69) is 10.3 Å². The second-order valence-corrected chi connectivity index (χ2v) is 5.47. The van der Waals surface area contributed by atoms with Crippen LogP contribution in [0.4, 0.5) is 9.52 Å². The van der Waals surface area contributed by atoms with Crippen molar-refractivity contribution in [3.8, 4) is 0 Å². The van der Waals surface area contributed by atoms with Crippen molar-refractivity contribution in [3.05, 3.63) is 46.2 Å². The summed E-state index contributed by atoms with van der Waals surface area (Å²) in [5.74, 6) is -1.82. The van der Waals surface area contributed by atoms with Crippen molar-refractivity contribution < 1.29 is 19.1 Å². The number of aliphatic carboxylic acids is 1. The number of hydrogen-bond donors (Lipinski definition) is 2.